The number of carbonyl (C=O) groups is 2. The number of hydrogen-bond donors (Lipinski definition) is 1. The van der Waals surface area contributed by atoms with Crippen molar-refractivity contribution in [1.29, 1.82) is 0 Å². The van der Waals surface area contributed by atoms with Gasteiger partial charge in [-0.3, -0.25) is 15.1 Å². The Bertz CT molecular complexity index is 1090. The number of nitrogens with one attached hydrogen (secondary N) is 1. The van der Waals surface area contributed by atoms with Crippen molar-refractivity contribution in [2.45, 2.75) is 6.42 Å². The fourth-order valence-corrected chi connectivity index (χ4v) is 3.50. The molecule has 0 saturated carbocycles. The van der Waals surface area contributed by atoms with Crippen LogP contribution in [0.2, 0.25) is 0 Å². The molecule has 1 aliphatic heterocycles. The lowest BCUT2D eigenvalue weighted by atomic mass is 10.1. The number of urea groups is 1. The van der Waals surface area contributed by atoms with Gasteiger partial charge in [0.2, 0.25) is 0 Å². The number of hydrogen-bond acceptors (Lipinski definition) is 5. The second-order valence-corrected chi connectivity index (χ2v) is 7.55. The minimum atomic E-state index is -0.266. The largest absolute Gasteiger partial charge is 0.493 e. The molecule has 1 saturated heterocycles. The van der Waals surface area contributed by atoms with Crippen LogP contribution in [0.4, 0.5) is 15.0 Å². The summed E-state index contributed by atoms with van der Waals surface area (Å²) in [5.41, 5.74) is 1.51. The number of amides is 3. The van der Waals surface area contributed by atoms with Gasteiger partial charge >= 0.3 is 6.03 Å². The fourth-order valence-electron chi connectivity index (χ4n) is 3.50. The molecule has 0 bridgehead atoms. The van der Waals surface area contributed by atoms with Crippen LogP contribution in [0.1, 0.15) is 15.9 Å². The number of carbonyl (C=O) groups excluding carboxylic acids is 2. The number of anilines is 1. The SMILES string of the molecule is O=C(Nc1cnccn1)N1CCN(C(=O)c2cccc(OCCc3ccc(F)cc3)c2)CC1. The van der Waals surface area contributed by atoms with Crippen molar-refractivity contribution in [3.8, 4) is 5.75 Å². The summed E-state index contributed by atoms with van der Waals surface area (Å²) in [6, 6.07) is 13.1. The van der Waals surface area contributed by atoms with Crippen LogP contribution in [0.25, 0.3) is 0 Å². The summed E-state index contributed by atoms with van der Waals surface area (Å²) in [4.78, 5) is 36.7. The summed E-state index contributed by atoms with van der Waals surface area (Å²) in [6.07, 6.45) is 5.15. The van der Waals surface area contributed by atoms with Crippen LogP contribution in [0, 0.1) is 5.82 Å². The van der Waals surface area contributed by atoms with Crippen molar-refractivity contribution in [2.75, 3.05) is 38.1 Å². The molecule has 4 rings (SSSR count). The molecule has 1 aromatic heterocycles. The van der Waals surface area contributed by atoms with E-state index in [2.05, 4.69) is 15.3 Å². The third kappa shape index (κ3) is 6.03. The van der Waals surface area contributed by atoms with Gasteiger partial charge in [0.1, 0.15) is 11.6 Å². The maximum absolute atomic E-state index is 13.0. The first kappa shape index (κ1) is 22.2. The number of piperazine rings is 1. The predicted octanol–water partition coefficient (Wildman–Crippen LogP) is 3.23. The predicted molar refractivity (Wildman–Crippen MR) is 121 cm³/mol. The van der Waals surface area contributed by atoms with Crippen molar-refractivity contribution in [2.24, 2.45) is 0 Å². The minimum absolute atomic E-state index is 0.104. The maximum Gasteiger partial charge on any atom is 0.323 e. The highest BCUT2D eigenvalue weighted by Crippen LogP contribution is 2.17. The van der Waals surface area contributed by atoms with Gasteiger partial charge in [-0.1, -0.05) is 18.2 Å². The van der Waals surface area contributed by atoms with Crippen molar-refractivity contribution < 1.29 is 18.7 Å². The highest BCUT2D eigenvalue weighted by atomic mass is 19.1. The van der Waals surface area contributed by atoms with E-state index >= 15 is 0 Å². The van der Waals surface area contributed by atoms with Crippen LogP contribution in [0.15, 0.2) is 67.1 Å². The van der Waals surface area contributed by atoms with Crippen LogP contribution in [-0.2, 0) is 6.42 Å². The molecule has 1 N–H and O–H groups in total. The molecule has 170 valence electrons. The van der Waals surface area contributed by atoms with E-state index in [1.54, 1.807) is 46.2 Å². The summed E-state index contributed by atoms with van der Waals surface area (Å²) in [7, 11) is 0. The summed E-state index contributed by atoms with van der Waals surface area (Å²) >= 11 is 0. The molecule has 1 fully saturated rings. The molecule has 2 aromatic carbocycles. The first-order valence-corrected chi connectivity index (χ1v) is 10.7. The maximum atomic E-state index is 13.0. The standard InChI is InChI=1S/C24H24FN5O3/c25-20-6-4-18(5-7-20)8-15-33-21-3-1-2-19(16-21)23(31)29-11-13-30(14-12-29)24(32)28-22-17-26-9-10-27-22/h1-7,9-10,16-17H,8,11-15H2,(H,27,28,32). The molecular formula is C24H24FN5O3. The topological polar surface area (TPSA) is 87.7 Å². The molecule has 0 aliphatic carbocycles. The monoisotopic (exact) mass is 449 g/mol. The van der Waals surface area contributed by atoms with Gasteiger partial charge in [-0.25, -0.2) is 14.2 Å². The number of rotatable bonds is 6. The summed E-state index contributed by atoms with van der Waals surface area (Å²) in [5.74, 6) is 0.619. The van der Waals surface area contributed by atoms with Crippen LogP contribution in [0.5, 0.6) is 5.75 Å². The second-order valence-electron chi connectivity index (χ2n) is 7.55. The molecule has 0 radical (unpaired) electrons. The van der Waals surface area contributed by atoms with Gasteiger partial charge < -0.3 is 14.5 Å². The number of benzene rings is 2. The van der Waals surface area contributed by atoms with Gasteiger partial charge in [-0.15, -0.1) is 0 Å². The van der Waals surface area contributed by atoms with Gasteiger partial charge in [0, 0.05) is 50.6 Å². The van der Waals surface area contributed by atoms with Crippen LogP contribution in [-0.4, -0.2) is 64.5 Å². The highest BCUT2D eigenvalue weighted by molar-refractivity contribution is 5.95. The van der Waals surface area contributed by atoms with Crippen LogP contribution in [0.3, 0.4) is 0 Å². The first-order valence-electron chi connectivity index (χ1n) is 10.7. The molecule has 3 amide bonds. The zero-order valence-corrected chi connectivity index (χ0v) is 18.0. The van der Waals surface area contributed by atoms with Crippen molar-refractivity contribution in [1.82, 2.24) is 19.8 Å². The number of ether oxygens (including phenoxy) is 1. The molecule has 1 aliphatic rings. The number of nitrogens with zero attached hydrogens (tertiary/aromatic N) is 4. The molecule has 0 spiro atoms. The Morgan fingerprint density at radius 3 is 2.48 bits per heavy atom. The average molecular weight is 449 g/mol. The Hall–Kier alpha value is -4.01. The van der Waals surface area contributed by atoms with Gasteiger partial charge in [-0.05, 0) is 35.9 Å². The van der Waals surface area contributed by atoms with E-state index in [9.17, 15) is 14.0 Å². The molecule has 9 heteroatoms. The smallest absolute Gasteiger partial charge is 0.323 e. The van der Waals surface area contributed by atoms with Crippen molar-refractivity contribution in [3.63, 3.8) is 0 Å². The third-order valence-electron chi connectivity index (χ3n) is 5.31. The Morgan fingerprint density at radius 2 is 1.76 bits per heavy atom. The van der Waals surface area contributed by atoms with Crippen LogP contribution < -0.4 is 10.1 Å². The highest BCUT2D eigenvalue weighted by Gasteiger charge is 2.25. The van der Waals surface area contributed by atoms with Gasteiger partial charge in [0.05, 0.1) is 12.8 Å². The van der Waals surface area contributed by atoms with Gasteiger partial charge in [0.15, 0.2) is 5.82 Å². The lowest BCUT2D eigenvalue weighted by Gasteiger charge is -2.34. The number of halogens is 1. The lowest BCUT2D eigenvalue weighted by Crippen LogP contribution is -2.51. The summed E-state index contributed by atoms with van der Waals surface area (Å²) in [5, 5.41) is 2.70. The summed E-state index contributed by atoms with van der Waals surface area (Å²) in [6.45, 7) is 2.13. The molecule has 0 unspecified atom stereocenters. The quantitative estimate of drug-likeness (QED) is 0.624. The Morgan fingerprint density at radius 1 is 1.00 bits per heavy atom. The van der Waals surface area contributed by atoms with E-state index in [4.69, 9.17) is 4.74 Å². The van der Waals surface area contributed by atoms with E-state index in [-0.39, 0.29) is 17.8 Å². The molecule has 3 aromatic rings. The lowest BCUT2D eigenvalue weighted by molar-refractivity contribution is 0.0671. The number of aromatic nitrogens is 2. The van der Waals surface area contributed by atoms with E-state index < -0.39 is 0 Å². The first-order chi connectivity index (χ1) is 16.1. The minimum Gasteiger partial charge on any atom is -0.493 e. The van der Waals surface area contributed by atoms with E-state index in [0.29, 0.717) is 56.3 Å². The second kappa shape index (κ2) is 10.5. The molecule has 2 heterocycles. The molecule has 8 nitrogen and oxygen atoms in total. The van der Waals surface area contributed by atoms with E-state index in [1.807, 2.05) is 0 Å². The molecule has 33 heavy (non-hydrogen) atoms. The van der Waals surface area contributed by atoms with Gasteiger partial charge in [0.25, 0.3) is 5.91 Å². The van der Waals surface area contributed by atoms with Crippen LogP contribution >= 0.6 is 0 Å². The fraction of sp³-hybridized carbons (Fsp3) is 0.250. The summed E-state index contributed by atoms with van der Waals surface area (Å²) < 4.78 is 18.8. The van der Waals surface area contributed by atoms with E-state index in [1.165, 1.54) is 30.7 Å². The normalized spacial score (nSPS) is 13.5. The van der Waals surface area contributed by atoms with Crippen molar-refractivity contribution in [3.05, 3.63) is 84.1 Å². The Labute approximate surface area is 191 Å². The average Bonchev–Trinajstić information content (AvgIpc) is 2.86. The Balaban J connectivity index is 1.27. The Kier molecular flexibility index (Phi) is 7.09. The zero-order chi connectivity index (χ0) is 23.0. The zero-order valence-electron chi connectivity index (χ0n) is 18.0. The molecular weight excluding hydrogens is 425 g/mol. The van der Waals surface area contributed by atoms with Crippen molar-refractivity contribution >= 4 is 17.8 Å². The van der Waals surface area contributed by atoms with Gasteiger partial charge in [-0.2, -0.15) is 0 Å². The van der Waals surface area contributed by atoms with E-state index in [0.717, 1.165) is 5.56 Å². The molecule has 0 atom stereocenters. The third-order valence-corrected chi connectivity index (χ3v) is 5.31.